The summed E-state index contributed by atoms with van der Waals surface area (Å²) >= 11 is 0. The fourth-order valence-electron chi connectivity index (χ4n) is 0. The van der Waals surface area contributed by atoms with Gasteiger partial charge in [-0.3, -0.25) is 0 Å². The van der Waals surface area contributed by atoms with E-state index in [1.807, 2.05) is 20.8 Å². The predicted molar refractivity (Wildman–Crippen MR) is 31.2 cm³/mol. The van der Waals surface area contributed by atoms with Crippen LogP contribution in [0.2, 0.25) is 0 Å². The van der Waals surface area contributed by atoms with E-state index >= 15 is 0 Å². The maximum atomic E-state index is 3.53. The van der Waals surface area contributed by atoms with Gasteiger partial charge >= 0.3 is 31.1 Å². The first-order valence-electron chi connectivity index (χ1n) is 2.39. The molecule has 0 aromatic carbocycles. The van der Waals surface area contributed by atoms with Crippen LogP contribution in [0.15, 0.2) is 0 Å². The van der Waals surface area contributed by atoms with E-state index in [9.17, 15) is 0 Å². The van der Waals surface area contributed by atoms with Crippen LogP contribution in [0.5, 0.6) is 0 Å². The third-order valence-electron chi connectivity index (χ3n) is 0. The average molecular weight is 324 g/mol. The van der Waals surface area contributed by atoms with Gasteiger partial charge in [-0.15, -0.1) is 6.92 Å². The van der Waals surface area contributed by atoms with E-state index in [1.54, 1.807) is 0 Å². The minimum Gasteiger partial charge on any atom is -0.370 e. The van der Waals surface area contributed by atoms with Gasteiger partial charge in [0.15, 0.2) is 0 Å². The van der Waals surface area contributed by atoms with Crippen molar-refractivity contribution in [3.8, 4) is 0 Å². The molecule has 0 amide bonds. The molecule has 0 aliphatic rings. The molecule has 0 atom stereocenters. The summed E-state index contributed by atoms with van der Waals surface area (Å²) in [4.78, 5) is 0. The topological polar surface area (TPSA) is 0 Å². The zero-order valence-electron chi connectivity index (χ0n) is 5.49. The summed E-state index contributed by atoms with van der Waals surface area (Å²) in [6.45, 7) is 13.0. The minimum atomic E-state index is 0. The molecule has 0 saturated heterocycles. The van der Waals surface area contributed by atoms with Crippen LogP contribution in [0.4, 0.5) is 0 Å². The SMILES string of the molecule is CC.[CH2-]C([CH2-])C.[U+2]. The third kappa shape index (κ3) is 163. The molecule has 0 heterocycles. The van der Waals surface area contributed by atoms with E-state index in [-0.39, 0.29) is 31.1 Å². The van der Waals surface area contributed by atoms with Gasteiger partial charge in [0.1, 0.15) is 0 Å². The van der Waals surface area contributed by atoms with Crippen LogP contribution in [-0.2, 0) is 0 Å². The summed E-state index contributed by atoms with van der Waals surface area (Å²) in [5.41, 5.74) is 0. The van der Waals surface area contributed by atoms with E-state index in [1.165, 1.54) is 0 Å². The molecule has 0 nitrogen and oxygen atoms in total. The molecule has 0 aromatic heterocycles. The normalized spacial score (nSPS) is 6.00. The molecule has 0 spiro atoms. The van der Waals surface area contributed by atoms with Gasteiger partial charge in [0.25, 0.3) is 0 Å². The van der Waals surface area contributed by atoms with Crippen molar-refractivity contribution >= 4 is 0 Å². The average Bonchev–Trinajstić information content (AvgIpc) is 1.41. The van der Waals surface area contributed by atoms with Crippen molar-refractivity contribution in [1.29, 1.82) is 0 Å². The van der Waals surface area contributed by atoms with Crippen molar-refractivity contribution in [2.75, 3.05) is 0 Å². The van der Waals surface area contributed by atoms with Crippen LogP contribution in [0, 0.1) is 50.9 Å². The molecule has 42 valence electrons. The van der Waals surface area contributed by atoms with E-state index in [0.717, 1.165) is 0 Å². The first kappa shape index (κ1) is 15.7. The molecule has 0 N–H and O–H groups in total. The van der Waals surface area contributed by atoms with Crippen LogP contribution >= 0.6 is 0 Å². The van der Waals surface area contributed by atoms with Crippen molar-refractivity contribution in [2.45, 2.75) is 20.8 Å². The van der Waals surface area contributed by atoms with Gasteiger partial charge in [-0.25, -0.2) is 0 Å². The van der Waals surface area contributed by atoms with E-state index < -0.39 is 0 Å². The second-order valence-corrected chi connectivity index (χ2v) is 1.11. The smallest absolute Gasteiger partial charge is 0.370 e. The Morgan fingerprint density at radius 1 is 1.14 bits per heavy atom. The van der Waals surface area contributed by atoms with Crippen LogP contribution in [0.3, 0.4) is 0 Å². The van der Waals surface area contributed by atoms with Crippen molar-refractivity contribution in [2.24, 2.45) is 5.92 Å². The monoisotopic (exact) mass is 324 g/mol. The third-order valence-corrected chi connectivity index (χ3v) is 0. The molecule has 0 fully saturated rings. The summed E-state index contributed by atoms with van der Waals surface area (Å²) < 4.78 is 0. The summed E-state index contributed by atoms with van der Waals surface area (Å²) in [5.74, 6) is 0.333. The van der Waals surface area contributed by atoms with Gasteiger partial charge in [0.05, 0.1) is 0 Å². The Hall–Kier alpha value is 1.05. The largest absolute Gasteiger partial charge is 2.00 e. The zero-order chi connectivity index (χ0) is 5.58. The van der Waals surface area contributed by atoms with Gasteiger partial charge in [-0.05, 0) is 0 Å². The quantitative estimate of drug-likeness (QED) is 0.600. The molecule has 0 saturated carbocycles. The molecule has 0 bridgehead atoms. The van der Waals surface area contributed by atoms with Gasteiger partial charge in [0.2, 0.25) is 0 Å². The Morgan fingerprint density at radius 2 is 1.14 bits per heavy atom. The van der Waals surface area contributed by atoms with Gasteiger partial charge in [-0.2, -0.15) is 0 Å². The van der Waals surface area contributed by atoms with Crippen molar-refractivity contribution in [1.82, 2.24) is 0 Å². The predicted octanol–water partition coefficient (Wildman–Crippen LogP) is 2.32. The molecule has 7 heavy (non-hydrogen) atoms. The maximum Gasteiger partial charge on any atom is 2.00 e. The summed E-state index contributed by atoms with van der Waals surface area (Å²) in [6.07, 6.45) is 0. The zero-order valence-corrected chi connectivity index (χ0v) is 9.66. The fourth-order valence-corrected chi connectivity index (χ4v) is 0. The van der Waals surface area contributed by atoms with Crippen molar-refractivity contribution < 1.29 is 31.1 Å². The Balaban J connectivity index is -0.0000000480. The molecule has 0 rings (SSSR count). The maximum absolute atomic E-state index is 3.53. The second kappa shape index (κ2) is 15.7. The molecular weight excluding hydrogens is 310 g/mol. The molecule has 1 heteroatoms. The van der Waals surface area contributed by atoms with Crippen LogP contribution in [0.25, 0.3) is 0 Å². The molecule has 0 aliphatic carbocycles. The molecule has 0 radical (unpaired) electrons. The van der Waals surface area contributed by atoms with E-state index in [2.05, 4.69) is 13.8 Å². The first-order chi connectivity index (χ1) is 2.73. The fraction of sp³-hybridized carbons (Fsp3) is 0.667. The number of hydrogen-bond acceptors (Lipinski definition) is 0. The van der Waals surface area contributed by atoms with Gasteiger partial charge in [-0.1, -0.05) is 13.8 Å². The van der Waals surface area contributed by atoms with Crippen LogP contribution in [0.1, 0.15) is 20.8 Å². The Labute approximate surface area is 71.4 Å². The number of hydrogen-bond donors (Lipinski definition) is 0. The van der Waals surface area contributed by atoms with Gasteiger partial charge in [0, 0.05) is 0 Å². The summed E-state index contributed by atoms with van der Waals surface area (Å²) in [5, 5.41) is 0. The molecular formula is C6H14U. The van der Waals surface area contributed by atoms with E-state index in [0.29, 0.717) is 5.92 Å². The van der Waals surface area contributed by atoms with Crippen LogP contribution < -0.4 is 0 Å². The standard InChI is InChI=1S/C4H8.C2H6.U/c1-4(2)3;1-2;/h4H,1-2H2,3H3;1-2H3;/q-2;;+2. The number of rotatable bonds is 0. The van der Waals surface area contributed by atoms with E-state index in [4.69, 9.17) is 0 Å². The minimum absolute atomic E-state index is 0. The molecule has 0 aromatic rings. The summed E-state index contributed by atoms with van der Waals surface area (Å²) in [6, 6.07) is 0. The Bertz CT molecular complexity index is 8.90. The van der Waals surface area contributed by atoms with Crippen LogP contribution in [-0.4, -0.2) is 0 Å². The Morgan fingerprint density at radius 3 is 1.14 bits per heavy atom. The first-order valence-corrected chi connectivity index (χ1v) is 2.39. The van der Waals surface area contributed by atoms with Crippen molar-refractivity contribution in [3.05, 3.63) is 13.8 Å². The molecule has 0 aliphatic heterocycles. The molecule has 0 unspecified atom stereocenters. The Kier molecular flexibility index (Phi) is 35.3. The van der Waals surface area contributed by atoms with Gasteiger partial charge < -0.3 is 19.8 Å². The summed E-state index contributed by atoms with van der Waals surface area (Å²) in [7, 11) is 0. The van der Waals surface area contributed by atoms with Crippen molar-refractivity contribution in [3.63, 3.8) is 0 Å². The second-order valence-electron chi connectivity index (χ2n) is 1.11.